The Bertz CT molecular complexity index is 925. The molecule has 2 aliphatic heterocycles. The normalized spacial score (nSPS) is 16.5. The van der Waals surface area contributed by atoms with E-state index in [1.165, 1.54) is 29.0 Å². The lowest BCUT2D eigenvalue weighted by atomic mass is 9.95. The molecule has 1 fully saturated rings. The quantitative estimate of drug-likeness (QED) is 0.804. The Kier molecular flexibility index (Phi) is 4.77. The standard InChI is InChI=1S/C21H24F2N4O/c1-12-13(2)17-10-27(11-19(17)25-14(12)3)20(28)6-15-8-26(9-15)16-4-5-24-18(7-16)21(22)23/h4-5,7,15,21H,6,8-11H2,1-3H3. The van der Waals surface area contributed by atoms with Gasteiger partial charge in [0.2, 0.25) is 5.91 Å². The van der Waals surface area contributed by atoms with Crippen LogP contribution in [-0.4, -0.2) is 33.9 Å². The van der Waals surface area contributed by atoms with Crippen LogP contribution in [0.1, 0.15) is 46.6 Å². The lowest BCUT2D eigenvalue weighted by Gasteiger charge is -2.41. The van der Waals surface area contributed by atoms with Gasteiger partial charge in [-0.1, -0.05) is 0 Å². The first-order valence-corrected chi connectivity index (χ1v) is 9.56. The van der Waals surface area contributed by atoms with E-state index in [1.807, 2.05) is 16.7 Å². The summed E-state index contributed by atoms with van der Waals surface area (Å²) in [6.45, 7) is 8.80. The van der Waals surface area contributed by atoms with Crippen molar-refractivity contribution in [3.63, 3.8) is 0 Å². The van der Waals surface area contributed by atoms with Crippen LogP contribution in [0.5, 0.6) is 0 Å². The van der Waals surface area contributed by atoms with Crippen LogP contribution in [0.2, 0.25) is 0 Å². The highest BCUT2D eigenvalue weighted by Crippen LogP contribution is 2.31. The van der Waals surface area contributed by atoms with E-state index in [0.29, 0.717) is 32.6 Å². The molecule has 1 amide bonds. The molecule has 0 radical (unpaired) electrons. The molecule has 4 rings (SSSR count). The Morgan fingerprint density at radius 3 is 2.68 bits per heavy atom. The number of aryl methyl sites for hydroxylation is 1. The van der Waals surface area contributed by atoms with Crippen molar-refractivity contribution >= 4 is 11.6 Å². The number of halogens is 2. The monoisotopic (exact) mass is 386 g/mol. The summed E-state index contributed by atoms with van der Waals surface area (Å²) in [5.41, 5.74) is 6.20. The molecule has 0 aromatic carbocycles. The third-order valence-electron chi connectivity index (χ3n) is 6.03. The summed E-state index contributed by atoms with van der Waals surface area (Å²) in [6.07, 6.45) is -0.676. The van der Waals surface area contributed by atoms with Gasteiger partial charge in [-0.2, -0.15) is 0 Å². The summed E-state index contributed by atoms with van der Waals surface area (Å²) in [5.74, 6) is 0.386. The van der Waals surface area contributed by atoms with Gasteiger partial charge in [0.25, 0.3) is 6.43 Å². The maximum Gasteiger partial charge on any atom is 0.280 e. The second-order valence-corrected chi connectivity index (χ2v) is 7.84. The van der Waals surface area contributed by atoms with E-state index < -0.39 is 6.43 Å². The smallest absolute Gasteiger partial charge is 0.280 e. The second kappa shape index (κ2) is 7.11. The molecule has 148 valence electrons. The number of anilines is 1. The topological polar surface area (TPSA) is 49.3 Å². The predicted molar refractivity (Wildman–Crippen MR) is 102 cm³/mol. The number of fused-ring (bicyclic) bond motifs is 1. The Balaban J connectivity index is 1.34. The molecule has 2 aliphatic rings. The van der Waals surface area contributed by atoms with Crippen molar-refractivity contribution < 1.29 is 13.6 Å². The molecule has 0 N–H and O–H groups in total. The van der Waals surface area contributed by atoms with E-state index >= 15 is 0 Å². The number of pyridine rings is 2. The van der Waals surface area contributed by atoms with Crippen molar-refractivity contribution in [1.29, 1.82) is 0 Å². The van der Waals surface area contributed by atoms with Crippen LogP contribution in [0, 0.1) is 26.7 Å². The molecule has 4 heterocycles. The molecule has 0 unspecified atom stereocenters. The lowest BCUT2D eigenvalue weighted by molar-refractivity contribution is -0.133. The summed E-state index contributed by atoms with van der Waals surface area (Å²) in [4.78, 5) is 25.0. The van der Waals surface area contributed by atoms with Crippen LogP contribution in [0.4, 0.5) is 14.5 Å². The minimum atomic E-state index is -2.57. The zero-order valence-corrected chi connectivity index (χ0v) is 16.4. The third-order valence-corrected chi connectivity index (χ3v) is 6.03. The molecule has 28 heavy (non-hydrogen) atoms. The van der Waals surface area contributed by atoms with Crippen molar-refractivity contribution in [3.05, 3.63) is 52.1 Å². The lowest BCUT2D eigenvalue weighted by Crippen LogP contribution is -2.48. The van der Waals surface area contributed by atoms with E-state index in [4.69, 9.17) is 0 Å². The number of alkyl halides is 2. The molecular weight excluding hydrogens is 362 g/mol. The van der Waals surface area contributed by atoms with Crippen molar-refractivity contribution in [2.45, 2.75) is 46.7 Å². The highest BCUT2D eigenvalue weighted by atomic mass is 19.3. The maximum absolute atomic E-state index is 12.8. The first kappa shape index (κ1) is 18.8. The van der Waals surface area contributed by atoms with Crippen molar-refractivity contribution in [2.75, 3.05) is 18.0 Å². The number of hydrogen-bond donors (Lipinski definition) is 0. The van der Waals surface area contributed by atoms with E-state index in [2.05, 4.69) is 23.8 Å². The van der Waals surface area contributed by atoms with Crippen LogP contribution in [-0.2, 0) is 17.9 Å². The summed E-state index contributed by atoms with van der Waals surface area (Å²) < 4.78 is 25.6. The molecule has 1 saturated heterocycles. The van der Waals surface area contributed by atoms with Gasteiger partial charge in [-0.3, -0.25) is 14.8 Å². The molecule has 0 bridgehead atoms. The van der Waals surface area contributed by atoms with Gasteiger partial charge in [-0.15, -0.1) is 0 Å². The number of carbonyl (C=O) groups is 1. The van der Waals surface area contributed by atoms with E-state index in [-0.39, 0.29) is 17.5 Å². The van der Waals surface area contributed by atoms with Crippen LogP contribution in [0.15, 0.2) is 18.3 Å². The fraction of sp³-hybridized carbons (Fsp3) is 0.476. The Morgan fingerprint density at radius 1 is 1.21 bits per heavy atom. The SMILES string of the molecule is Cc1nc2c(c(C)c1C)CN(C(=O)CC1CN(c3ccnc(C(F)F)c3)C1)C2. The predicted octanol–water partition coefficient (Wildman–Crippen LogP) is 3.71. The number of nitrogens with zero attached hydrogens (tertiary/aromatic N) is 4. The summed E-state index contributed by atoms with van der Waals surface area (Å²) >= 11 is 0. The minimum absolute atomic E-state index is 0.139. The van der Waals surface area contributed by atoms with Gasteiger partial charge in [0.15, 0.2) is 0 Å². The first-order valence-electron chi connectivity index (χ1n) is 9.56. The Labute approximate surface area is 163 Å². The summed E-state index contributed by atoms with van der Waals surface area (Å²) in [6, 6.07) is 3.17. The molecule has 5 nitrogen and oxygen atoms in total. The Morgan fingerprint density at radius 2 is 1.96 bits per heavy atom. The van der Waals surface area contributed by atoms with Gasteiger partial charge in [-0.05, 0) is 49.6 Å². The van der Waals surface area contributed by atoms with Crippen molar-refractivity contribution in [2.24, 2.45) is 5.92 Å². The number of carbonyl (C=O) groups excluding carboxylic acids is 1. The fourth-order valence-electron chi connectivity index (χ4n) is 4.05. The average Bonchev–Trinajstić information content (AvgIpc) is 3.06. The second-order valence-electron chi connectivity index (χ2n) is 7.84. The first-order chi connectivity index (χ1) is 13.3. The summed E-state index contributed by atoms with van der Waals surface area (Å²) in [7, 11) is 0. The highest BCUT2D eigenvalue weighted by molar-refractivity contribution is 5.77. The molecule has 0 spiro atoms. The molecule has 2 aromatic heterocycles. The van der Waals surface area contributed by atoms with E-state index in [1.54, 1.807) is 6.07 Å². The molecule has 7 heteroatoms. The van der Waals surface area contributed by atoms with Gasteiger partial charge in [0.05, 0.1) is 12.2 Å². The van der Waals surface area contributed by atoms with Crippen LogP contribution >= 0.6 is 0 Å². The number of aromatic nitrogens is 2. The molecule has 2 aromatic rings. The van der Waals surface area contributed by atoms with Crippen LogP contribution in [0.25, 0.3) is 0 Å². The average molecular weight is 386 g/mol. The summed E-state index contributed by atoms with van der Waals surface area (Å²) in [5, 5.41) is 0. The van der Waals surface area contributed by atoms with Gasteiger partial charge in [-0.25, -0.2) is 8.78 Å². The van der Waals surface area contributed by atoms with Gasteiger partial charge in [0.1, 0.15) is 5.69 Å². The van der Waals surface area contributed by atoms with E-state index in [0.717, 1.165) is 17.1 Å². The van der Waals surface area contributed by atoms with Gasteiger partial charge >= 0.3 is 0 Å². The Hall–Kier alpha value is -2.57. The molecule has 0 aliphatic carbocycles. The molecule has 0 atom stereocenters. The maximum atomic E-state index is 12.8. The van der Waals surface area contributed by atoms with Crippen LogP contribution < -0.4 is 4.90 Å². The number of rotatable bonds is 4. The molecular formula is C21H24F2N4O. The largest absolute Gasteiger partial charge is 0.371 e. The van der Waals surface area contributed by atoms with Crippen molar-refractivity contribution in [3.8, 4) is 0 Å². The van der Waals surface area contributed by atoms with Crippen LogP contribution in [0.3, 0.4) is 0 Å². The zero-order chi connectivity index (χ0) is 20.0. The minimum Gasteiger partial charge on any atom is -0.371 e. The number of amides is 1. The van der Waals surface area contributed by atoms with Gasteiger partial charge < -0.3 is 9.80 Å². The zero-order valence-electron chi connectivity index (χ0n) is 16.4. The van der Waals surface area contributed by atoms with Crippen molar-refractivity contribution in [1.82, 2.24) is 14.9 Å². The van der Waals surface area contributed by atoms with Gasteiger partial charge in [0, 0.05) is 49.6 Å². The highest BCUT2D eigenvalue weighted by Gasteiger charge is 2.33. The number of hydrogen-bond acceptors (Lipinski definition) is 4. The van der Waals surface area contributed by atoms with E-state index in [9.17, 15) is 13.6 Å². The third kappa shape index (κ3) is 3.34. The fourth-order valence-corrected chi connectivity index (χ4v) is 4.05. The molecule has 0 saturated carbocycles.